The number of sulfonamides is 1. The number of thiazole rings is 1. The van der Waals surface area contributed by atoms with E-state index in [1.165, 1.54) is 27.2 Å². The van der Waals surface area contributed by atoms with Gasteiger partial charge in [-0.1, -0.05) is 6.92 Å². The average molecular weight is 367 g/mol. The molecule has 0 saturated carbocycles. The Kier molecular flexibility index (Phi) is 5.17. The maximum absolute atomic E-state index is 12.6. The van der Waals surface area contributed by atoms with Crippen LogP contribution < -0.4 is 5.56 Å². The Hall–Kier alpha value is -1.51. The first-order valence-corrected chi connectivity index (χ1v) is 10.5. The summed E-state index contributed by atoms with van der Waals surface area (Å²) in [6.45, 7) is 3.49. The van der Waals surface area contributed by atoms with Crippen LogP contribution in [-0.4, -0.2) is 35.4 Å². The summed E-state index contributed by atoms with van der Waals surface area (Å²) in [5.41, 5.74) is 0.571. The highest BCUT2D eigenvalue weighted by atomic mass is 32.2. The van der Waals surface area contributed by atoms with Crippen molar-refractivity contribution >= 4 is 21.4 Å². The van der Waals surface area contributed by atoms with Crippen molar-refractivity contribution in [2.75, 3.05) is 13.1 Å². The summed E-state index contributed by atoms with van der Waals surface area (Å²) in [7, 11) is -3.52. The standard InChI is InChI=1S/C16H21N3O3S2/c1-2-5-15-17-13(12-23-15)10-18-11-14(6-7-16(18)20)24(21,22)19-8-3-4-9-19/h6-7,11-12H,2-5,8-10H2,1H3. The third-order valence-electron chi connectivity index (χ3n) is 4.05. The van der Waals surface area contributed by atoms with Gasteiger partial charge < -0.3 is 4.57 Å². The molecular weight excluding hydrogens is 346 g/mol. The lowest BCUT2D eigenvalue weighted by atomic mass is 10.3. The normalized spacial score (nSPS) is 15.9. The number of hydrogen-bond acceptors (Lipinski definition) is 5. The molecule has 0 atom stereocenters. The molecule has 6 nitrogen and oxygen atoms in total. The van der Waals surface area contributed by atoms with Crippen LogP contribution in [0.5, 0.6) is 0 Å². The van der Waals surface area contributed by atoms with Gasteiger partial charge in [0.2, 0.25) is 10.0 Å². The van der Waals surface area contributed by atoms with Gasteiger partial charge in [0.15, 0.2) is 0 Å². The van der Waals surface area contributed by atoms with Gasteiger partial charge in [-0.15, -0.1) is 11.3 Å². The second-order valence-corrected chi connectivity index (χ2v) is 8.81. The van der Waals surface area contributed by atoms with Gasteiger partial charge in [-0.05, 0) is 31.7 Å². The smallest absolute Gasteiger partial charge is 0.250 e. The largest absolute Gasteiger partial charge is 0.308 e. The fourth-order valence-electron chi connectivity index (χ4n) is 2.79. The Morgan fingerprint density at radius 3 is 2.71 bits per heavy atom. The summed E-state index contributed by atoms with van der Waals surface area (Å²) >= 11 is 1.58. The van der Waals surface area contributed by atoms with Crippen molar-refractivity contribution in [2.45, 2.75) is 44.0 Å². The summed E-state index contributed by atoms with van der Waals surface area (Å²) in [6.07, 6.45) is 5.16. The molecule has 2 aromatic heterocycles. The molecule has 1 fully saturated rings. The lowest BCUT2D eigenvalue weighted by Crippen LogP contribution is -2.29. The van der Waals surface area contributed by atoms with E-state index in [9.17, 15) is 13.2 Å². The Morgan fingerprint density at radius 2 is 2.00 bits per heavy atom. The summed E-state index contributed by atoms with van der Waals surface area (Å²) in [4.78, 5) is 16.8. The van der Waals surface area contributed by atoms with E-state index >= 15 is 0 Å². The molecule has 0 N–H and O–H groups in total. The van der Waals surface area contributed by atoms with Gasteiger partial charge in [0, 0.05) is 30.7 Å². The monoisotopic (exact) mass is 367 g/mol. The Morgan fingerprint density at radius 1 is 1.25 bits per heavy atom. The van der Waals surface area contributed by atoms with Gasteiger partial charge in [0.25, 0.3) is 5.56 Å². The zero-order chi connectivity index (χ0) is 17.2. The highest BCUT2D eigenvalue weighted by Gasteiger charge is 2.27. The van der Waals surface area contributed by atoms with Crippen LogP contribution in [0, 0.1) is 0 Å². The fourth-order valence-corrected chi connectivity index (χ4v) is 5.22. The van der Waals surface area contributed by atoms with Crippen LogP contribution in [0.4, 0.5) is 0 Å². The van der Waals surface area contributed by atoms with Crippen molar-refractivity contribution < 1.29 is 8.42 Å². The Bertz CT molecular complexity index is 865. The topological polar surface area (TPSA) is 72.3 Å². The van der Waals surface area contributed by atoms with Crippen LogP contribution in [0.1, 0.15) is 36.9 Å². The number of aryl methyl sites for hydroxylation is 1. The summed E-state index contributed by atoms with van der Waals surface area (Å²) < 4.78 is 28.2. The highest BCUT2D eigenvalue weighted by molar-refractivity contribution is 7.89. The van der Waals surface area contributed by atoms with Gasteiger partial charge >= 0.3 is 0 Å². The molecule has 3 rings (SSSR count). The minimum Gasteiger partial charge on any atom is -0.308 e. The number of aromatic nitrogens is 2. The molecule has 0 unspecified atom stereocenters. The number of nitrogens with zero attached hydrogens (tertiary/aromatic N) is 3. The molecule has 24 heavy (non-hydrogen) atoms. The molecule has 0 amide bonds. The first-order chi connectivity index (χ1) is 11.5. The van der Waals surface area contributed by atoms with Gasteiger partial charge in [0.1, 0.15) is 0 Å². The summed E-state index contributed by atoms with van der Waals surface area (Å²) in [5.74, 6) is 0. The van der Waals surface area contributed by atoms with Crippen LogP contribution in [0.2, 0.25) is 0 Å². The molecule has 0 spiro atoms. The highest BCUT2D eigenvalue weighted by Crippen LogP contribution is 2.20. The molecule has 0 radical (unpaired) electrons. The minimum atomic E-state index is -3.52. The third-order valence-corrected chi connectivity index (χ3v) is 6.89. The van der Waals surface area contributed by atoms with Crippen LogP contribution in [-0.2, 0) is 23.0 Å². The van der Waals surface area contributed by atoms with E-state index < -0.39 is 10.0 Å². The minimum absolute atomic E-state index is 0.174. The molecule has 8 heteroatoms. The predicted octanol–water partition coefficient (Wildman–Crippen LogP) is 2.09. The van der Waals surface area contributed by atoms with E-state index in [4.69, 9.17) is 0 Å². The fraction of sp³-hybridized carbons (Fsp3) is 0.500. The van der Waals surface area contributed by atoms with Crippen molar-refractivity contribution in [3.63, 3.8) is 0 Å². The molecule has 0 aromatic carbocycles. The van der Waals surface area contributed by atoms with Crippen molar-refractivity contribution in [2.24, 2.45) is 0 Å². The van der Waals surface area contributed by atoms with E-state index in [-0.39, 0.29) is 10.5 Å². The molecule has 1 aliphatic rings. The second-order valence-electron chi connectivity index (χ2n) is 5.92. The van der Waals surface area contributed by atoms with E-state index in [1.807, 2.05) is 5.38 Å². The van der Waals surface area contributed by atoms with Crippen molar-refractivity contribution in [3.05, 3.63) is 44.8 Å². The number of rotatable bonds is 6. The SMILES string of the molecule is CCCc1nc(Cn2cc(S(=O)(=O)N3CCCC3)ccc2=O)cs1. The van der Waals surface area contributed by atoms with Crippen molar-refractivity contribution in [3.8, 4) is 0 Å². The van der Waals surface area contributed by atoms with Crippen molar-refractivity contribution in [1.82, 2.24) is 13.9 Å². The zero-order valence-electron chi connectivity index (χ0n) is 13.6. The molecule has 3 heterocycles. The quantitative estimate of drug-likeness (QED) is 0.784. The van der Waals surface area contributed by atoms with E-state index in [2.05, 4.69) is 11.9 Å². The maximum atomic E-state index is 12.6. The average Bonchev–Trinajstić information content (AvgIpc) is 3.22. The molecule has 1 saturated heterocycles. The zero-order valence-corrected chi connectivity index (χ0v) is 15.3. The Balaban J connectivity index is 1.87. The number of hydrogen-bond donors (Lipinski definition) is 0. The van der Waals surface area contributed by atoms with E-state index in [0.29, 0.717) is 19.6 Å². The number of pyridine rings is 1. The van der Waals surface area contributed by atoms with Crippen LogP contribution in [0.15, 0.2) is 33.4 Å². The predicted molar refractivity (Wildman–Crippen MR) is 93.9 cm³/mol. The third kappa shape index (κ3) is 3.60. The van der Waals surface area contributed by atoms with Gasteiger partial charge in [-0.2, -0.15) is 4.31 Å². The van der Waals surface area contributed by atoms with Gasteiger partial charge in [-0.25, -0.2) is 13.4 Å². The van der Waals surface area contributed by atoms with Gasteiger partial charge in [-0.3, -0.25) is 4.79 Å². The first-order valence-electron chi connectivity index (χ1n) is 8.14. The van der Waals surface area contributed by atoms with Crippen molar-refractivity contribution in [1.29, 1.82) is 0 Å². The van der Waals surface area contributed by atoms with Gasteiger partial charge in [0.05, 0.1) is 22.1 Å². The second kappa shape index (κ2) is 7.16. The van der Waals surface area contributed by atoms with E-state index in [1.54, 1.807) is 11.3 Å². The maximum Gasteiger partial charge on any atom is 0.250 e. The lowest BCUT2D eigenvalue weighted by Gasteiger charge is -2.16. The molecule has 1 aliphatic heterocycles. The lowest BCUT2D eigenvalue weighted by molar-refractivity contribution is 0.476. The molecule has 2 aromatic rings. The van der Waals surface area contributed by atoms with Crippen LogP contribution in [0.3, 0.4) is 0 Å². The van der Waals surface area contributed by atoms with Crippen LogP contribution >= 0.6 is 11.3 Å². The molecule has 0 bridgehead atoms. The Labute approximate surface area is 145 Å². The van der Waals surface area contributed by atoms with Crippen LogP contribution in [0.25, 0.3) is 0 Å². The summed E-state index contributed by atoms with van der Waals surface area (Å²) in [5, 5.41) is 2.97. The first kappa shape index (κ1) is 17.3. The molecule has 130 valence electrons. The summed E-state index contributed by atoms with van der Waals surface area (Å²) in [6, 6.07) is 2.72. The molecular formula is C16H21N3O3S2. The molecule has 0 aliphatic carbocycles. The van der Waals surface area contributed by atoms with E-state index in [0.717, 1.165) is 36.4 Å².